The Morgan fingerprint density at radius 3 is 2.80 bits per heavy atom. The lowest BCUT2D eigenvalue weighted by molar-refractivity contribution is 0.257. The van der Waals surface area contributed by atoms with Crippen LogP contribution in [-0.4, -0.2) is 36.1 Å². The van der Waals surface area contributed by atoms with Gasteiger partial charge in [0.2, 0.25) is 0 Å². The van der Waals surface area contributed by atoms with E-state index in [0.29, 0.717) is 6.04 Å². The maximum Gasteiger partial charge on any atom is 0.133 e. The van der Waals surface area contributed by atoms with Crippen molar-refractivity contribution in [2.24, 2.45) is 0 Å². The minimum atomic E-state index is 0.598. The molecule has 0 radical (unpaired) electrons. The summed E-state index contributed by atoms with van der Waals surface area (Å²) in [5.41, 5.74) is 1.47. The standard InChI is InChI=1S/C17H27N3/c1-2-11-19-14-7-9-16(19)15-8-6-10-18-17(15)20-12-4-3-5-13-20/h6,8,10,16H,2-5,7,9,11-14H2,1H3/t16-/m0/s1. The molecule has 2 fully saturated rings. The van der Waals surface area contributed by atoms with Crippen molar-refractivity contribution in [3.05, 3.63) is 23.9 Å². The van der Waals surface area contributed by atoms with Crippen LogP contribution < -0.4 is 4.90 Å². The first-order valence-electron chi connectivity index (χ1n) is 8.34. The summed E-state index contributed by atoms with van der Waals surface area (Å²) in [5.74, 6) is 1.26. The number of aromatic nitrogens is 1. The normalized spacial score (nSPS) is 24.2. The predicted molar refractivity (Wildman–Crippen MR) is 84.1 cm³/mol. The molecule has 1 aromatic rings. The Morgan fingerprint density at radius 1 is 1.15 bits per heavy atom. The van der Waals surface area contributed by atoms with E-state index in [1.165, 1.54) is 76.1 Å². The predicted octanol–water partition coefficient (Wildman–Crippen LogP) is 3.62. The molecule has 0 amide bonds. The minimum absolute atomic E-state index is 0.598. The van der Waals surface area contributed by atoms with Crippen LogP contribution in [0.2, 0.25) is 0 Å². The fourth-order valence-corrected chi connectivity index (χ4v) is 3.77. The fraction of sp³-hybridized carbons (Fsp3) is 0.706. The molecule has 3 nitrogen and oxygen atoms in total. The molecule has 0 bridgehead atoms. The summed E-state index contributed by atoms with van der Waals surface area (Å²) in [4.78, 5) is 9.91. The zero-order valence-corrected chi connectivity index (χ0v) is 12.7. The van der Waals surface area contributed by atoms with Crippen molar-refractivity contribution in [2.75, 3.05) is 31.1 Å². The molecule has 0 unspecified atom stereocenters. The Morgan fingerprint density at radius 2 is 2.00 bits per heavy atom. The Balaban J connectivity index is 1.85. The van der Waals surface area contributed by atoms with Gasteiger partial charge in [0.05, 0.1) is 0 Å². The Bertz CT molecular complexity index is 426. The number of hydrogen-bond donors (Lipinski definition) is 0. The molecule has 0 aliphatic carbocycles. The van der Waals surface area contributed by atoms with Gasteiger partial charge in [-0.05, 0) is 57.7 Å². The highest BCUT2D eigenvalue weighted by Crippen LogP contribution is 2.36. The second-order valence-corrected chi connectivity index (χ2v) is 6.16. The van der Waals surface area contributed by atoms with Crippen molar-refractivity contribution in [2.45, 2.75) is 51.5 Å². The summed E-state index contributed by atoms with van der Waals surface area (Å²) < 4.78 is 0. The summed E-state index contributed by atoms with van der Waals surface area (Å²) in [6.07, 6.45) is 9.86. The van der Waals surface area contributed by atoms with Gasteiger partial charge in [-0.25, -0.2) is 4.98 Å². The SMILES string of the molecule is CCCN1CCC[C@H]1c1cccnc1N1CCCCC1. The van der Waals surface area contributed by atoms with Crippen molar-refractivity contribution in [1.82, 2.24) is 9.88 Å². The lowest BCUT2D eigenvalue weighted by atomic mass is 10.0. The van der Waals surface area contributed by atoms with Gasteiger partial charge in [-0.2, -0.15) is 0 Å². The third-order valence-electron chi connectivity index (χ3n) is 4.71. The summed E-state index contributed by atoms with van der Waals surface area (Å²) in [5, 5.41) is 0. The van der Waals surface area contributed by atoms with E-state index in [-0.39, 0.29) is 0 Å². The lowest BCUT2D eigenvalue weighted by Gasteiger charge is -2.32. The third kappa shape index (κ3) is 2.83. The summed E-state index contributed by atoms with van der Waals surface area (Å²) >= 11 is 0. The molecular weight excluding hydrogens is 246 g/mol. The highest BCUT2D eigenvalue weighted by Gasteiger charge is 2.29. The van der Waals surface area contributed by atoms with E-state index in [2.05, 4.69) is 28.9 Å². The Hall–Kier alpha value is -1.09. The number of pyridine rings is 1. The third-order valence-corrected chi connectivity index (χ3v) is 4.71. The zero-order valence-electron chi connectivity index (χ0n) is 12.7. The quantitative estimate of drug-likeness (QED) is 0.835. The van der Waals surface area contributed by atoms with Crippen LogP contribution in [0, 0.1) is 0 Å². The van der Waals surface area contributed by atoms with Crippen molar-refractivity contribution >= 4 is 5.82 Å². The Kier molecular flexibility index (Phi) is 4.56. The number of nitrogens with zero attached hydrogens (tertiary/aromatic N) is 3. The van der Waals surface area contributed by atoms with E-state index >= 15 is 0 Å². The maximum atomic E-state index is 4.74. The monoisotopic (exact) mass is 273 g/mol. The van der Waals surface area contributed by atoms with Gasteiger partial charge >= 0.3 is 0 Å². The average Bonchev–Trinajstić information content (AvgIpc) is 2.97. The molecule has 0 spiro atoms. The van der Waals surface area contributed by atoms with Crippen LogP contribution in [0.15, 0.2) is 18.3 Å². The highest BCUT2D eigenvalue weighted by atomic mass is 15.2. The van der Waals surface area contributed by atoms with Crippen molar-refractivity contribution in [3.8, 4) is 0 Å². The van der Waals surface area contributed by atoms with Gasteiger partial charge in [-0.3, -0.25) is 4.90 Å². The van der Waals surface area contributed by atoms with Crippen LogP contribution in [0.4, 0.5) is 5.82 Å². The molecule has 20 heavy (non-hydrogen) atoms. The molecule has 3 rings (SSSR count). The first-order valence-corrected chi connectivity index (χ1v) is 8.34. The Labute approximate surface area is 123 Å². The van der Waals surface area contributed by atoms with Crippen LogP contribution in [0.1, 0.15) is 57.1 Å². The molecule has 2 aliphatic heterocycles. The van der Waals surface area contributed by atoms with E-state index in [9.17, 15) is 0 Å². The van der Waals surface area contributed by atoms with Crippen molar-refractivity contribution in [1.29, 1.82) is 0 Å². The van der Waals surface area contributed by atoms with Gasteiger partial charge in [-0.15, -0.1) is 0 Å². The van der Waals surface area contributed by atoms with Crippen LogP contribution in [0.3, 0.4) is 0 Å². The van der Waals surface area contributed by atoms with Crippen LogP contribution in [-0.2, 0) is 0 Å². The smallest absolute Gasteiger partial charge is 0.133 e. The summed E-state index contributed by atoms with van der Waals surface area (Å²) in [6, 6.07) is 5.03. The van der Waals surface area contributed by atoms with Crippen molar-refractivity contribution < 1.29 is 0 Å². The second kappa shape index (κ2) is 6.57. The van der Waals surface area contributed by atoms with Crippen molar-refractivity contribution in [3.63, 3.8) is 0 Å². The molecule has 110 valence electrons. The van der Waals surface area contributed by atoms with Crippen LogP contribution in [0.25, 0.3) is 0 Å². The molecular formula is C17H27N3. The van der Waals surface area contributed by atoms with E-state index in [0.717, 1.165) is 0 Å². The van der Waals surface area contributed by atoms with E-state index in [4.69, 9.17) is 4.98 Å². The molecule has 3 heterocycles. The van der Waals surface area contributed by atoms with Crippen LogP contribution in [0.5, 0.6) is 0 Å². The molecule has 1 aromatic heterocycles. The molecule has 0 saturated carbocycles. The number of anilines is 1. The van der Waals surface area contributed by atoms with E-state index < -0.39 is 0 Å². The van der Waals surface area contributed by atoms with E-state index in [1.807, 2.05) is 6.20 Å². The molecule has 0 N–H and O–H groups in total. The summed E-state index contributed by atoms with van der Waals surface area (Å²) in [7, 11) is 0. The highest BCUT2D eigenvalue weighted by molar-refractivity contribution is 5.49. The number of likely N-dealkylation sites (tertiary alicyclic amines) is 1. The second-order valence-electron chi connectivity index (χ2n) is 6.16. The van der Waals surface area contributed by atoms with Crippen LogP contribution >= 0.6 is 0 Å². The largest absolute Gasteiger partial charge is 0.356 e. The minimum Gasteiger partial charge on any atom is -0.356 e. The molecule has 0 aromatic carbocycles. The molecule has 2 aliphatic rings. The van der Waals surface area contributed by atoms with Gasteiger partial charge < -0.3 is 4.90 Å². The molecule has 1 atom stereocenters. The lowest BCUT2D eigenvalue weighted by Crippen LogP contribution is -2.33. The van der Waals surface area contributed by atoms with Gasteiger partial charge in [0.15, 0.2) is 0 Å². The molecule has 3 heteroatoms. The van der Waals surface area contributed by atoms with Gasteiger partial charge in [0.1, 0.15) is 5.82 Å². The fourth-order valence-electron chi connectivity index (χ4n) is 3.77. The number of rotatable bonds is 4. The number of piperidine rings is 1. The molecule has 2 saturated heterocycles. The topological polar surface area (TPSA) is 19.4 Å². The van der Waals surface area contributed by atoms with Gasteiger partial charge in [0.25, 0.3) is 0 Å². The zero-order chi connectivity index (χ0) is 13.8. The van der Waals surface area contributed by atoms with Gasteiger partial charge in [0, 0.05) is 30.9 Å². The average molecular weight is 273 g/mol. The maximum absolute atomic E-state index is 4.74. The first kappa shape index (κ1) is 13.9. The van der Waals surface area contributed by atoms with E-state index in [1.54, 1.807) is 0 Å². The van der Waals surface area contributed by atoms with Gasteiger partial charge in [-0.1, -0.05) is 13.0 Å². The summed E-state index contributed by atoms with van der Waals surface area (Å²) in [6.45, 7) is 7.13. The number of hydrogen-bond acceptors (Lipinski definition) is 3. The first-order chi connectivity index (χ1) is 9.90.